The van der Waals surface area contributed by atoms with Gasteiger partial charge in [0.05, 0.1) is 6.04 Å². The van der Waals surface area contributed by atoms with Gasteiger partial charge in [-0.25, -0.2) is 9.59 Å². The van der Waals surface area contributed by atoms with Crippen molar-refractivity contribution in [1.82, 2.24) is 16.0 Å². The molecule has 0 bridgehead atoms. The number of para-hydroxylation sites is 1. The predicted molar refractivity (Wildman–Crippen MR) is 155 cm³/mol. The number of rotatable bonds is 11. The van der Waals surface area contributed by atoms with Crippen LogP contribution in [-0.4, -0.2) is 42.8 Å². The van der Waals surface area contributed by atoms with Crippen molar-refractivity contribution in [2.24, 2.45) is 0 Å². The second kappa shape index (κ2) is 15.0. The van der Waals surface area contributed by atoms with Crippen LogP contribution in [0, 0.1) is 0 Å². The van der Waals surface area contributed by atoms with Crippen molar-refractivity contribution < 1.29 is 23.9 Å². The maximum atomic E-state index is 12.8. The smallest absolute Gasteiger partial charge is 0.407 e. The molecule has 0 aromatic heterocycles. The average molecular weight is 545 g/mol. The molecule has 0 aliphatic heterocycles. The number of urea groups is 1. The number of anilines is 1. The number of carbonyl (C=O) groups is 3. The summed E-state index contributed by atoms with van der Waals surface area (Å²) in [4.78, 5) is 36.8. The van der Waals surface area contributed by atoms with E-state index in [9.17, 15) is 14.4 Å². The summed E-state index contributed by atoms with van der Waals surface area (Å²) in [6, 6.07) is 25.3. The monoisotopic (exact) mass is 544 g/mol. The molecule has 0 fully saturated rings. The lowest BCUT2D eigenvalue weighted by Crippen LogP contribution is -2.39. The molecule has 9 heteroatoms. The molecule has 4 N–H and O–H groups in total. The summed E-state index contributed by atoms with van der Waals surface area (Å²) < 4.78 is 10.9. The van der Waals surface area contributed by atoms with E-state index in [0.717, 1.165) is 11.3 Å². The average Bonchev–Trinajstić information content (AvgIpc) is 2.91. The molecule has 0 saturated heterocycles. The van der Waals surface area contributed by atoms with Crippen molar-refractivity contribution in [3.8, 4) is 11.5 Å². The summed E-state index contributed by atoms with van der Waals surface area (Å²) >= 11 is 0. The summed E-state index contributed by atoms with van der Waals surface area (Å²) in [5.74, 6) is 1.02. The van der Waals surface area contributed by atoms with Crippen LogP contribution in [0.1, 0.15) is 26.3 Å². The van der Waals surface area contributed by atoms with E-state index >= 15 is 0 Å². The third-order valence-electron chi connectivity index (χ3n) is 5.28. The molecule has 3 aromatic carbocycles. The van der Waals surface area contributed by atoms with Gasteiger partial charge in [0, 0.05) is 24.9 Å². The predicted octanol–water partition coefficient (Wildman–Crippen LogP) is 5.41. The lowest BCUT2D eigenvalue weighted by Gasteiger charge is -2.19. The lowest BCUT2D eigenvalue weighted by atomic mass is 10.1. The van der Waals surface area contributed by atoms with Gasteiger partial charge in [0.15, 0.2) is 0 Å². The minimum absolute atomic E-state index is 0.220. The Labute approximate surface area is 235 Å². The Morgan fingerprint density at radius 2 is 1.40 bits per heavy atom. The molecular weight excluding hydrogens is 508 g/mol. The molecule has 0 aliphatic rings. The fourth-order valence-corrected chi connectivity index (χ4v) is 3.53. The zero-order valence-electron chi connectivity index (χ0n) is 23.0. The summed E-state index contributed by atoms with van der Waals surface area (Å²) in [6.07, 6.45) is 2.95. The summed E-state index contributed by atoms with van der Waals surface area (Å²) in [5, 5.41) is 11.0. The van der Waals surface area contributed by atoms with E-state index in [1.165, 1.54) is 6.08 Å². The van der Waals surface area contributed by atoms with E-state index in [0.29, 0.717) is 17.9 Å². The molecule has 3 rings (SSSR count). The van der Waals surface area contributed by atoms with Gasteiger partial charge in [-0.1, -0.05) is 54.6 Å². The van der Waals surface area contributed by atoms with Crippen LogP contribution >= 0.6 is 0 Å². The number of alkyl carbamates (subject to hydrolysis) is 1. The van der Waals surface area contributed by atoms with E-state index in [1.807, 2.05) is 60.7 Å². The highest BCUT2D eigenvalue weighted by atomic mass is 16.6. The van der Waals surface area contributed by atoms with Gasteiger partial charge in [-0.2, -0.15) is 0 Å². The van der Waals surface area contributed by atoms with Crippen LogP contribution in [0.3, 0.4) is 0 Å². The highest BCUT2D eigenvalue weighted by molar-refractivity contribution is 5.90. The molecule has 3 aromatic rings. The zero-order valence-corrected chi connectivity index (χ0v) is 23.0. The van der Waals surface area contributed by atoms with Gasteiger partial charge in [-0.05, 0) is 69.2 Å². The van der Waals surface area contributed by atoms with E-state index in [-0.39, 0.29) is 19.0 Å². The molecule has 0 heterocycles. The van der Waals surface area contributed by atoms with Crippen molar-refractivity contribution in [2.75, 3.05) is 18.4 Å². The number of hydrogen-bond acceptors (Lipinski definition) is 5. The molecule has 210 valence electrons. The molecule has 9 nitrogen and oxygen atoms in total. The van der Waals surface area contributed by atoms with Crippen LogP contribution in [0.4, 0.5) is 15.3 Å². The van der Waals surface area contributed by atoms with Gasteiger partial charge in [0.1, 0.15) is 17.1 Å². The quantitative estimate of drug-likeness (QED) is 0.190. The van der Waals surface area contributed by atoms with Crippen molar-refractivity contribution in [1.29, 1.82) is 0 Å². The molecular formula is C31H36N4O5. The topological polar surface area (TPSA) is 118 Å². The molecule has 0 saturated carbocycles. The molecule has 0 aliphatic carbocycles. The lowest BCUT2D eigenvalue weighted by molar-refractivity contribution is -0.116. The minimum Gasteiger partial charge on any atom is -0.457 e. The number of nitrogens with one attached hydrogen (secondary N) is 4. The SMILES string of the molecule is CC(C)(C)OC(=O)NCCNC(=O)C=C[C@H](Cc1ccccc1)NC(=O)Nc1ccc(Oc2ccccc2)cc1. The summed E-state index contributed by atoms with van der Waals surface area (Å²) in [5.41, 5.74) is 1.00. The van der Waals surface area contributed by atoms with Crippen molar-refractivity contribution >= 4 is 23.7 Å². The number of carbonyl (C=O) groups excluding carboxylic acids is 3. The van der Waals surface area contributed by atoms with Gasteiger partial charge >= 0.3 is 12.1 Å². The van der Waals surface area contributed by atoms with Crippen LogP contribution < -0.4 is 26.0 Å². The van der Waals surface area contributed by atoms with Gasteiger partial charge in [-0.15, -0.1) is 0 Å². The van der Waals surface area contributed by atoms with E-state index in [2.05, 4.69) is 21.3 Å². The molecule has 1 atom stereocenters. The normalized spacial score (nSPS) is 11.8. The number of ether oxygens (including phenoxy) is 2. The largest absolute Gasteiger partial charge is 0.457 e. The Balaban J connectivity index is 1.52. The first-order valence-electron chi connectivity index (χ1n) is 13.0. The molecule has 4 amide bonds. The first kappa shape index (κ1) is 29.8. The first-order valence-corrected chi connectivity index (χ1v) is 13.0. The third-order valence-corrected chi connectivity index (χ3v) is 5.28. The van der Waals surface area contributed by atoms with Gasteiger partial charge in [-0.3, -0.25) is 4.79 Å². The van der Waals surface area contributed by atoms with Crippen LogP contribution in [-0.2, 0) is 16.0 Å². The Morgan fingerprint density at radius 1 is 0.800 bits per heavy atom. The maximum absolute atomic E-state index is 12.8. The fraction of sp³-hybridized carbons (Fsp3) is 0.258. The fourth-order valence-electron chi connectivity index (χ4n) is 3.53. The Morgan fingerprint density at radius 3 is 2.05 bits per heavy atom. The van der Waals surface area contributed by atoms with Gasteiger partial charge < -0.3 is 30.7 Å². The van der Waals surface area contributed by atoms with Crippen LogP contribution in [0.5, 0.6) is 11.5 Å². The van der Waals surface area contributed by atoms with Crippen molar-refractivity contribution in [2.45, 2.75) is 38.8 Å². The Bertz CT molecular complexity index is 1260. The maximum Gasteiger partial charge on any atom is 0.407 e. The highest BCUT2D eigenvalue weighted by Crippen LogP contribution is 2.22. The summed E-state index contributed by atoms with van der Waals surface area (Å²) in [7, 11) is 0. The third kappa shape index (κ3) is 11.7. The van der Waals surface area contributed by atoms with E-state index in [4.69, 9.17) is 9.47 Å². The number of amides is 4. The van der Waals surface area contributed by atoms with E-state index in [1.54, 1.807) is 51.1 Å². The molecule has 0 radical (unpaired) electrons. The van der Waals surface area contributed by atoms with Crippen LogP contribution in [0.15, 0.2) is 97.1 Å². The zero-order chi connectivity index (χ0) is 28.8. The van der Waals surface area contributed by atoms with Crippen LogP contribution in [0.25, 0.3) is 0 Å². The Kier molecular flexibility index (Phi) is 11.1. The molecule has 0 unspecified atom stereocenters. The van der Waals surface area contributed by atoms with Gasteiger partial charge in [0.25, 0.3) is 0 Å². The standard InChI is InChI=1S/C31H36N4O5/c1-31(2,3)40-30(38)33-21-20-32-28(36)19-16-25(22-23-10-6-4-7-11-23)35-29(37)34-24-14-17-27(18-15-24)39-26-12-8-5-9-13-26/h4-19,25H,20-22H2,1-3H3,(H,32,36)(H,33,38)(H2,34,35,37)/t25-/m1/s1. The second-order valence-corrected chi connectivity index (χ2v) is 9.91. The van der Waals surface area contributed by atoms with Crippen molar-refractivity contribution in [3.05, 3.63) is 103 Å². The second-order valence-electron chi connectivity index (χ2n) is 9.91. The minimum atomic E-state index is -0.594. The highest BCUT2D eigenvalue weighted by Gasteiger charge is 2.15. The number of benzene rings is 3. The van der Waals surface area contributed by atoms with Crippen LogP contribution in [0.2, 0.25) is 0 Å². The number of hydrogen-bond donors (Lipinski definition) is 4. The Hall–Kier alpha value is -4.79. The van der Waals surface area contributed by atoms with Gasteiger partial charge in [0.2, 0.25) is 5.91 Å². The van der Waals surface area contributed by atoms with Crippen molar-refractivity contribution in [3.63, 3.8) is 0 Å². The first-order chi connectivity index (χ1) is 19.2. The van der Waals surface area contributed by atoms with E-state index < -0.39 is 23.8 Å². The molecule has 40 heavy (non-hydrogen) atoms. The summed E-state index contributed by atoms with van der Waals surface area (Å²) in [6.45, 7) is 5.77. The molecule has 0 spiro atoms.